The van der Waals surface area contributed by atoms with Crippen molar-refractivity contribution in [1.29, 1.82) is 0 Å². The van der Waals surface area contributed by atoms with E-state index in [0.29, 0.717) is 19.6 Å². The fourth-order valence-corrected chi connectivity index (χ4v) is 3.90. The molecule has 8 nitrogen and oxygen atoms in total. The normalized spacial score (nSPS) is 14.5. The fourth-order valence-electron chi connectivity index (χ4n) is 3.90. The predicted octanol–water partition coefficient (Wildman–Crippen LogP) is 1.79. The molecule has 30 heavy (non-hydrogen) atoms. The molecular weight excluding hydrogens is 402 g/mol. The van der Waals surface area contributed by atoms with Gasteiger partial charge in [-0.1, -0.05) is 30.3 Å². The Morgan fingerprint density at radius 3 is 2.60 bits per heavy atom. The van der Waals surface area contributed by atoms with Crippen LogP contribution in [0.15, 0.2) is 48.8 Å². The van der Waals surface area contributed by atoms with Gasteiger partial charge in [0.05, 0.1) is 0 Å². The molecule has 1 fully saturated rings. The number of benzene rings is 1. The largest absolute Gasteiger partial charge is 0.355 e. The summed E-state index contributed by atoms with van der Waals surface area (Å²) in [5.41, 5.74) is 7.75. The first-order chi connectivity index (χ1) is 14.2. The van der Waals surface area contributed by atoms with Crippen molar-refractivity contribution in [3.05, 3.63) is 54.4 Å². The number of carbonyl (C=O) groups excluding carboxylic acids is 1. The summed E-state index contributed by atoms with van der Waals surface area (Å²) in [7, 11) is 0. The average molecular weight is 430 g/mol. The molecule has 1 aliphatic rings. The Bertz CT molecular complexity index is 941. The Morgan fingerprint density at radius 2 is 1.87 bits per heavy atom. The summed E-state index contributed by atoms with van der Waals surface area (Å²) < 4.78 is 1.68. The van der Waals surface area contributed by atoms with Crippen LogP contribution in [0.4, 0.5) is 5.82 Å². The number of carbonyl (C=O) groups is 1. The minimum atomic E-state index is 0. The lowest BCUT2D eigenvalue weighted by Gasteiger charge is -2.34. The fraction of sp³-hybridized carbons (Fsp3) is 0.429. The van der Waals surface area contributed by atoms with Crippen molar-refractivity contribution < 1.29 is 4.79 Å². The monoisotopic (exact) mass is 429 g/mol. The maximum absolute atomic E-state index is 13.1. The summed E-state index contributed by atoms with van der Waals surface area (Å²) in [6.45, 7) is 3.43. The van der Waals surface area contributed by atoms with E-state index in [1.165, 1.54) is 5.56 Å². The summed E-state index contributed by atoms with van der Waals surface area (Å²) in [5, 5.41) is 12.4. The first-order valence-electron chi connectivity index (χ1n) is 10.2. The Hall–Kier alpha value is -2.71. The van der Waals surface area contributed by atoms with Gasteiger partial charge in [-0.3, -0.25) is 4.79 Å². The second kappa shape index (κ2) is 10.4. The number of hydrogen-bond acceptors (Lipinski definition) is 6. The van der Waals surface area contributed by atoms with Gasteiger partial charge in [-0.15, -0.1) is 27.7 Å². The number of piperidine rings is 1. The average Bonchev–Trinajstić information content (AvgIpc) is 3.25. The van der Waals surface area contributed by atoms with E-state index in [1.54, 1.807) is 10.8 Å². The SMILES string of the molecule is Cl.NCCN(CCc1ccccc1)C(=O)C1CCN(c2ccc3nncn3n2)CC1. The van der Waals surface area contributed by atoms with Gasteiger partial charge < -0.3 is 15.5 Å². The zero-order chi connectivity index (χ0) is 20.1. The minimum Gasteiger partial charge on any atom is -0.355 e. The first kappa shape index (κ1) is 22.0. The molecule has 9 heteroatoms. The zero-order valence-corrected chi connectivity index (χ0v) is 17.7. The predicted molar refractivity (Wildman–Crippen MR) is 119 cm³/mol. The Labute approximate surface area is 182 Å². The zero-order valence-electron chi connectivity index (χ0n) is 16.9. The summed E-state index contributed by atoms with van der Waals surface area (Å²) in [4.78, 5) is 17.3. The lowest BCUT2D eigenvalue weighted by molar-refractivity contribution is -0.136. The maximum Gasteiger partial charge on any atom is 0.225 e. The second-order valence-electron chi connectivity index (χ2n) is 7.44. The second-order valence-corrected chi connectivity index (χ2v) is 7.44. The van der Waals surface area contributed by atoms with Crippen molar-refractivity contribution in [1.82, 2.24) is 24.7 Å². The van der Waals surface area contributed by atoms with Gasteiger partial charge in [-0.05, 0) is 37.0 Å². The van der Waals surface area contributed by atoms with Crippen LogP contribution in [0.1, 0.15) is 18.4 Å². The minimum absolute atomic E-state index is 0. The molecule has 160 valence electrons. The highest BCUT2D eigenvalue weighted by atomic mass is 35.5. The van der Waals surface area contributed by atoms with E-state index >= 15 is 0 Å². The van der Waals surface area contributed by atoms with Gasteiger partial charge in [0.25, 0.3) is 0 Å². The lowest BCUT2D eigenvalue weighted by atomic mass is 9.95. The standard InChI is InChI=1S/C21H27N7O.ClH/c22-11-15-27(12-8-17-4-2-1-3-5-17)21(29)18-9-13-26(14-10-18)20-7-6-19-24-23-16-28(19)25-20;/h1-7,16,18H,8-15,22H2;1H. The molecule has 1 aliphatic heterocycles. The third kappa shape index (κ3) is 5.06. The third-order valence-corrected chi connectivity index (χ3v) is 5.54. The van der Waals surface area contributed by atoms with E-state index in [1.807, 2.05) is 35.2 Å². The van der Waals surface area contributed by atoms with Crippen LogP contribution in [0.3, 0.4) is 0 Å². The topological polar surface area (TPSA) is 92.6 Å². The highest BCUT2D eigenvalue weighted by molar-refractivity contribution is 5.85. The molecule has 1 aromatic carbocycles. The number of hydrogen-bond donors (Lipinski definition) is 1. The van der Waals surface area contributed by atoms with E-state index in [0.717, 1.165) is 43.8 Å². The van der Waals surface area contributed by atoms with E-state index in [4.69, 9.17) is 5.73 Å². The molecular formula is C21H28ClN7O. The molecule has 2 aromatic heterocycles. The molecule has 0 spiro atoms. The number of rotatable bonds is 7. The third-order valence-electron chi connectivity index (χ3n) is 5.54. The van der Waals surface area contributed by atoms with Crippen molar-refractivity contribution in [2.24, 2.45) is 11.7 Å². The number of nitrogens with two attached hydrogens (primary N) is 1. The van der Waals surface area contributed by atoms with Crippen LogP contribution < -0.4 is 10.6 Å². The van der Waals surface area contributed by atoms with Gasteiger partial charge >= 0.3 is 0 Å². The van der Waals surface area contributed by atoms with Crippen LogP contribution in [-0.4, -0.2) is 63.3 Å². The number of nitrogens with zero attached hydrogens (tertiary/aromatic N) is 6. The molecule has 0 radical (unpaired) electrons. The Morgan fingerprint density at radius 1 is 1.10 bits per heavy atom. The maximum atomic E-state index is 13.1. The molecule has 3 heterocycles. The van der Waals surface area contributed by atoms with Gasteiger partial charge in [0.1, 0.15) is 12.1 Å². The van der Waals surface area contributed by atoms with Gasteiger partial charge in [0.2, 0.25) is 5.91 Å². The Kier molecular flexibility index (Phi) is 7.59. The van der Waals surface area contributed by atoms with Crippen LogP contribution in [0.2, 0.25) is 0 Å². The molecule has 1 saturated heterocycles. The molecule has 0 aliphatic carbocycles. The van der Waals surface area contributed by atoms with Crippen LogP contribution in [0.25, 0.3) is 5.65 Å². The number of aromatic nitrogens is 4. The molecule has 0 bridgehead atoms. The van der Waals surface area contributed by atoms with Crippen molar-refractivity contribution in [3.8, 4) is 0 Å². The van der Waals surface area contributed by atoms with Crippen LogP contribution >= 0.6 is 12.4 Å². The number of amides is 1. The summed E-state index contributed by atoms with van der Waals surface area (Å²) in [6.07, 6.45) is 4.11. The Balaban J connectivity index is 0.00000256. The molecule has 3 aromatic rings. The highest BCUT2D eigenvalue weighted by Gasteiger charge is 2.29. The summed E-state index contributed by atoms with van der Waals surface area (Å²) in [6, 6.07) is 14.2. The van der Waals surface area contributed by atoms with Crippen molar-refractivity contribution in [3.63, 3.8) is 0 Å². The van der Waals surface area contributed by atoms with Crippen molar-refractivity contribution >= 4 is 29.8 Å². The van der Waals surface area contributed by atoms with E-state index in [9.17, 15) is 4.79 Å². The summed E-state index contributed by atoms with van der Waals surface area (Å²) in [5.74, 6) is 1.17. The van der Waals surface area contributed by atoms with Gasteiger partial charge in [0, 0.05) is 38.6 Å². The van der Waals surface area contributed by atoms with Crippen molar-refractivity contribution in [2.45, 2.75) is 19.3 Å². The molecule has 0 unspecified atom stereocenters. The van der Waals surface area contributed by atoms with Crippen LogP contribution in [-0.2, 0) is 11.2 Å². The molecule has 2 N–H and O–H groups in total. The lowest BCUT2D eigenvalue weighted by Crippen LogP contribution is -2.45. The van der Waals surface area contributed by atoms with Gasteiger partial charge in [-0.25, -0.2) is 0 Å². The van der Waals surface area contributed by atoms with Crippen molar-refractivity contribution in [2.75, 3.05) is 37.6 Å². The first-order valence-corrected chi connectivity index (χ1v) is 10.2. The van der Waals surface area contributed by atoms with E-state index in [2.05, 4.69) is 32.3 Å². The molecule has 0 atom stereocenters. The van der Waals surface area contributed by atoms with Gasteiger partial charge in [-0.2, -0.15) is 4.52 Å². The van der Waals surface area contributed by atoms with Crippen LogP contribution in [0.5, 0.6) is 0 Å². The summed E-state index contributed by atoms with van der Waals surface area (Å²) >= 11 is 0. The highest BCUT2D eigenvalue weighted by Crippen LogP contribution is 2.23. The smallest absolute Gasteiger partial charge is 0.225 e. The molecule has 4 rings (SSSR count). The number of anilines is 1. The van der Waals surface area contributed by atoms with E-state index < -0.39 is 0 Å². The van der Waals surface area contributed by atoms with E-state index in [-0.39, 0.29) is 24.2 Å². The number of fused-ring (bicyclic) bond motifs is 1. The van der Waals surface area contributed by atoms with Gasteiger partial charge in [0.15, 0.2) is 5.65 Å². The molecule has 0 saturated carbocycles. The number of halogens is 1. The van der Waals surface area contributed by atoms with Crippen LogP contribution in [0, 0.1) is 5.92 Å². The quantitative estimate of drug-likeness (QED) is 0.615. The molecule has 1 amide bonds.